The van der Waals surface area contributed by atoms with Gasteiger partial charge in [0.05, 0.1) is 0 Å². The van der Waals surface area contributed by atoms with Crippen molar-refractivity contribution in [1.29, 1.82) is 0 Å². The Morgan fingerprint density at radius 2 is 0.481 bits per heavy atom. The Bertz CT molecular complexity index is 1860. The van der Waals surface area contributed by atoms with Crippen LogP contribution in [0.15, 0.2) is 170 Å². The molecular weight excluding hydrogens is 997 g/mol. The zero-order valence-corrected chi connectivity index (χ0v) is 52.0. The predicted octanol–water partition coefficient (Wildman–Crippen LogP) is 22.7. The number of carbonyl (C=O) groups excluding carboxylic acids is 3. The topological polar surface area (TPSA) is 78.9 Å². The molecule has 0 aromatic heterocycles. The number of allylic oxidation sites excluding steroid dienone is 28. The van der Waals surface area contributed by atoms with E-state index in [1.807, 2.05) is 0 Å². The Labute approximate surface area is 498 Å². The van der Waals surface area contributed by atoms with Crippen LogP contribution in [0.25, 0.3) is 0 Å². The van der Waals surface area contributed by atoms with Crippen LogP contribution < -0.4 is 0 Å². The number of ether oxygens (including phenoxy) is 3. The summed E-state index contributed by atoms with van der Waals surface area (Å²) in [5.74, 6) is -0.955. The van der Waals surface area contributed by atoms with E-state index in [-0.39, 0.29) is 37.5 Å². The number of hydrogen-bond acceptors (Lipinski definition) is 6. The summed E-state index contributed by atoms with van der Waals surface area (Å²) >= 11 is 0. The number of rotatable bonds is 57. The van der Waals surface area contributed by atoms with Gasteiger partial charge in [0, 0.05) is 19.3 Å². The van der Waals surface area contributed by atoms with Gasteiger partial charge in [0.25, 0.3) is 0 Å². The average Bonchev–Trinajstić information content (AvgIpc) is 3.47. The van der Waals surface area contributed by atoms with E-state index in [1.165, 1.54) is 57.8 Å². The highest BCUT2D eigenvalue weighted by atomic mass is 16.6. The molecule has 454 valence electrons. The van der Waals surface area contributed by atoms with E-state index >= 15 is 0 Å². The van der Waals surface area contributed by atoms with Crippen LogP contribution in [-0.2, 0) is 28.6 Å². The lowest BCUT2D eigenvalue weighted by Crippen LogP contribution is -2.30. The molecule has 1 atom stereocenters. The van der Waals surface area contributed by atoms with Crippen molar-refractivity contribution in [1.82, 2.24) is 0 Å². The zero-order chi connectivity index (χ0) is 58.5. The first-order chi connectivity index (χ1) is 40.0. The molecule has 0 saturated heterocycles. The molecule has 0 aliphatic heterocycles. The van der Waals surface area contributed by atoms with E-state index in [2.05, 4.69) is 191 Å². The van der Waals surface area contributed by atoms with Gasteiger partial charge < -0.3 is 14.2 Å². The molecule has 1 unspecified atom stereocenters. The summed E-state index contributed by atoms with van der Waals surface area (Å²) < 4.78 is 16.7. The molecule has 0 aromatic carbocycles. The zero-order valence-electron chi connectivity index (χ0n) is 52.0. The van der Waals surface area contributed by atoms with E-state index in [9.17, 15) is 14.4 Å². The van der Waals surface area contributed by atoms with Crippen LogP contribution in [0.5, 0.6) is 0 Å². The summed E-state index contributed by atoms with van der Waals surface area (Å²) in [6.45, 7) is 6.29. The molecule has 0 aliphatic rings. The maximum absolute atomic E-state index is 12.8. The molecule has 0 aromatic rings. The fraction of sp³-hybridized carbons (Fsp3) is 0.587. The number of esters is 3. The van der Waals surface area contributed by atoms with Gasteiger partial charge in [-0.25, -0.2) is 0 Å². The van der Waals surface area contributed by atoms with Crippen molar-refractivity contribution in [3.63, 3.8) is 0 Å². The number of carbonyl (C=O) groups is 3. The SMILES string of the molecule is CC/C=C\C/C=C\C/C=C\C/C=C\C/C=C\C/C=C\C/C=C\CCCCCCCCCCCCCC(=O)OCC(COC(=O)CCCCCCC)OC(=O)CCCCC/C=C\C/C=C\C/C=C\C/C=C\C/C=C\C/C=C\C/C=C\CC. The molecule has 0 fully saturated rings. The lowest BCUT2D eigenvalue weighted by molar-refractivity contribution is -0.167. The molecule has 0 heterocycles. The minimum Gasteiger partial charge on any atom is -0.462 e. The second-order valence-corrected chi connectivity index (χ2v) is 20.9. The highest BCUT2D eigenvalue weighted by molar-refractivity contribution is 5.71. The van der Waals surface area contributed by atoms with E-state index < -0.39 is 6.10 Å². The molecule has 0 amide bonds. The van der Waals surface area contributed by atoms with Crippen molar-refractivity contribution in [2.45, 2.75) is 271 Å². The van der Waals surface area contributed by atoms with Gasteiger partial charge in [0.15, 0.2) is 6.10 Å². The minimum atomic E-state index is -0.802. The monoisotopic (exact) mass is 1110 g/mol. The molecule has 0 bridgehead atoms. The normalized spacial score (nSPS) is 13.3. The molecule has 6 heteroatoms. The second-order valence-electron chi connectivity index (χ2n) is 20.9. The van der Waals surface area contributed by atoms with Gasteiger partial charge in [0.1, 0.15) is 13.2 Å². The predicted molar refractivity (Wildman–Crippen MR) is 352 cm³/mol. The lowest BCUT2D eigenvalue weighted by Gasteiger charge is -2.18. The molecule has 0 radical (unpaired) electrons. The van der Waals surface area contributed by atoms with E-state index in [0.717, 1.165) is 167 Å². The second kappa shape index (κ2) is 67.3. The van der Waals surface area contributed by atoms with E-state index in [1.54, 1.807) is 0 Å². The lowest BCUT2D eigenvalue weighted by atomic mass is 10.0. The van der Waals surface area contributed by atoms with Crippen LogP contribution in [0.1, 0.15) is 265 Å². The number of hydrogen-bond donors (Lipinski definition) is 0. The van der Waals surface area contributed by atoms with E-state index in [0.29, 0.717) is 12.8 Å². The van der Waals surface area contributed by atoms with Gasteiger partial charge >= 0.3 is 17.9 Å². The maximum Gasteiger partial charge on any atom is 0.306 e. The number of unbranched alkanes of at least 4 members (excludes halogenated alkanes) is 18. The first-order valence-corrected chi connectivity index (χ1v) is 32.6. The van der Waals surface area contributed by atoms with Gasteiger partial charge in [-0.1, -0.05) is 281 Å². The van der Waals surface area contributed by atoms with Crippen LogP contribution in [0.2, 0.25) is 0 Å². The molecular formula is C75H118O6. The minimum absolute atomic E-state index is 0.0992. The van der Waals surface area contributed by atoms with Gasteiger partial charge in [-0.15, -0.1) is 0 Å². The molecule has 0 saturated carbocycles. The van der Waals surface area contributed by atoms with Crippen molar-refractivity contribution < 1.29 is 28.6 Å². The van der Waals surface area contributed by atoms with Crippen molar-refractivity contribution in [2.24, 2.45) is 0 Å². The summed E-state index contributed by atoms with van der Waals surface area (Å²) in [4.78, 5) is 37.9. The van der Waals surface area contributed by atoms with Crippen molar-refractivity contribution >= 4 is 17.9 Å². The van der Waals surface area contributed by atoms with Crippen molar-refractivity contribution in [2.75, 3.05) is 13.2 Å². The summed E-state index contributed by atoms with van der Waals surface area (Å²) in [6.07, 6.45) is 99.8. The molecule has 0 rings (SSSR count). The molecule has 0 aliphatic carbocycles. The van der Waals surface area contributed by atoms with Gasteiger partial charge in [0.2, 0.25) is 0 Å². The third-order valence-electron chi connectivity index (χ3n) is 13.2. The van der Waals surface area contributed by atoms with Crippen LogP contribution >= 0.6 is 0 Å². The van der Waals surface area contributed by atoms with Crippen LogP contribution in [0.3, 0.4) is 0 Å². The Balaban J connectivity index is 4.13. The molecule has 6 nitrogen and oxygen atoms in total. The average molecular weight is 1120 g/mol. The molecule has 0 N–H and O–H groups in total. The van der Waals surface area contributed by atoms with Crippen LogP contribution in [0.4, 0.5) is 0 Å². The van der Waals surface area contributed by atoms with Crippen molar-refractivity contribution in [3.05, 3.63) is 170 Å². The van der Waals surface area contributed by atoms with Gasteiger partial charge in [-0.2, -0.15) is 0 Å². The summed E-state index contributed by atoms with van der Waals surface area (Å²) in [6, 6.07) is 0. The first-order valence-electron chi connectivity index (χ1n) is 32.6. The van der Waals surface area contributed by atoms with Crippen LogP contribution in [-0.4, -0.2) is 37.2 Å². The molecule has 81 heavy (non-hydrogen) atoms. The Kier molecular flexibility index (Phi) is 62.9. The van der Waals surface area contributed by atoms with Gasteiger partial charge in [-0.3, -0.25) is 14.4 Å². The maximum atomic E-state index is 12.8. The summed E-state index contributed by atoms with van der Waals surface area (Å²) in [5.41, 5.74) is 0. The Hall–Kier alpha value is -5.23. The van der Waals surface area contributed by atoms with E-state index in [4.69, 9.17) is 14.2 Å². The summed E-state index contributed by atoms with van der Waals surface area (Å²) in [5, 5.41) is 0. The highest BCUT2D eigenvalue weighted by Crippen LogP contribution is 2.15. The standard InChI is InChI=1S/C75H118O6/c1-4-7-10-13-15-17-19-21-23-25-27-29-31-33-34-35-36-37-38-39-40-42-43-45-47-49-51-53-55-57-59-62-65-68-74(77)80-71-72(70-79-73(76)67-64-61-12-9-6-3)81-75(78)69-66-63-60-58-56-54-52-50-48-46-44-41-32-30-28-26-24-22-20-18-16-14-11-8-5-2/h7-8,10-11,15-18,21-24,27-30,33-34,36-37,39-41,44,48,50,54,56,72H,4-6,9,12-14,19-20,25-26,31-32,35,38,42-43,45-47,49,51-53,55,57-71H2,1-3H3/b10-7-,11-8-,17-15-,18-16-,23-21-,24-22-,29-27-,30-28-,34-33-,37-36-,40-39-,44-41-,50-48-,56-54-. The Morgan fingerprint density at radius 3 is 0.765 bits per heavy atom. The smallest absolute Gasteiger partial charge is 0.306 e. The summed E-state index contributed by atoms with van der Waals surface area (Å²) in [7, 11) is 0. The van der Waals surface area contributed by atoms with Gasteiger partial charge in [-0.05, 0) is 135 Å². The van der Waals surface area contributed by atoms with Crippen LogP contribution in [0, 0.1) is 0 Å². The third-order valence-corrected chi connectivity index (χ3v) is 13.2. The molecule has 0 spiro atoms. The quantitative estimate of drug-likeness (QED) is 0.0261. The fourth-order valence-electron chi connectivity index (χ4n) is 8.40. The largest absolute Gasteiger partial charge is 0.462 e. The fourth-order valence-corrected chi connectivity index (χ4v) is 8.40. The third kappa shape index (κ3) is 65.5. The Morgan fingerprint density at radius 1 is 0.259 bits per heavy atom. The first kappa shape index (κ1) is 75.8. The highest BCUT2D eigenvalue weighted by Gasteiger charge is 2.19. The van der Waals surface area contributed by atoms with Crippen molar-refractivity contribution in [3.8, 4) is 0 Å².